The number of piperidine rings is 1. The van der Waals surface area contributed by atoms with Crippen LogP contribution in [0.1, 0.15) is 44.2 Å². The van der Waals surface area contributed by atoms with Gasteiger partial charge < -0.3 is 24.4 Å². The van der Waals surface area contributed by atoms with Crippen LogP contribution in [-0.2, 0) is 14.3 Å². The van der Waals surface area contributed by atoms with Gasteiger partial charge in [0.15, 0.2) is 0 Å². The topological polar surface area (TPSA) is 96.4 Å². The van der Waals surface area contributed by atoms with Crippen LogP contribution < -0.4 is 0 Å². The third-order valence-corrected chi connectivity index (χ3v) is 7.64. The number of carbonyl (C=O) groups is 3. The predicted molar refractivity (Wildman–Crippen MR) is 133 cm³/mol. The van der Waals surface area contributed by atoms with Crippen LogP contribution in [0.15, 0.2) is 48.5 Å². The van der Waals surface area contributed by atoms with Gasteiger partial charge in [0.05, 0.1) is 5.41 Å². The molecule has 2 atom stereocenters. The Morgan fingerprint density at radius 1 is 0.944 bits per heavy atom. The first kappa shape index (κ1) is 24.2. The zero-order valence-corrected chi connectivity index (χ0v) is 20.9. The highest BCUT2D eigenvalue weighted by molar-refractivity contribution is 5.80. The van der Waals surface area contributed by atoms with Crippen molar-refractivity contribution < 1.29 is 29.0 Å². The number of carbonyl (C=O) groups excluding carboxylic acids is 2. The van der Waals surface area contributed by atoms with Crippen molar-refractivity contribution in [3.8, 4) is 11.1 Å². The predicted octanol–water partition coefficient (Wildman–Crippen LogP) is 4.58. The molecule has 2 fully saturated rings. The molecule has 0 bridgehead atoms. The number of hydrogen-bond donors (Lipinski definition) is 1. The molecule has 1 aliphatic carbocycles. The molecule has 2 heterocycles. The second-order valence-corrected chi connectivity index (χ2v) is 11.0. The summed E-state index contributed by atoms with van der Waals surface area (Å²) in [6.07, 6.45) is -0.712. The zero-order chi connectivity index (χ0) is 25.7. The molecule has 0 spiro atoms. The van der Waals surface area contributed by atoms with Gasteiger partial charge in [-0.25, -0.2) is 9.59 Å². The average molecular weight is 493 g/mol. The number of aliphatic carboxylic acids is 1. The lowest BCUT2D eigenvalue weighted by molar-refractivity contribution is -0.153. The number of carboxylic acids is 1. The summed E-state index contributed by atoms with van der Waals surface area (Å²) in [6, 6.07) is 16.2. The number of nitrogens with zero attached hydrogens (tertiary/aromatic N) is 2. The van der Waals surface area contributed by atoms with E-state index in [1.54, 1.807) is 25.7 Å². The number of fused-ring (bicyclic) bond motifs is 4. The molecule has 2 aromatic rings. The van der Waals surface area contributed by atoms with Crippen molar-refractivity contribution in [2.45, 2.75) is 38.7 Å². The van der Waals surface area contributed by atoms with Gasteiger partial charge in [-0.15, -0.1) is 0 Å². The Labute approximate surface area is 210 Å². The van der Waals surface area contributed by atoms with E-state index < -0.39 is 35.1 Å². The van der Waals surface area contributed by atoms with Gasteiger partial charge in [0, 0.05) is 38.0 Å². The Morgan fingerprint density at radius 3 is 2.11 bits per heavy atom. The molecule has 2 aromatic carbocycles. The Balaban J connectivity index is 1.28. The minimum atomic E-state index is -1.09. The van der Waals surface area contributed by atoms with Gasteiger partial charge in [-0.3, -0.25) is 4.79 Å². The first-order valence-corrected chi connectivity index (χ1v) is 12.4. The molecule has 2 amide bonds. The van der Waals surface area contributed by atoms with Crippen LogP contribution in [-0.4, -0.2) is 71.4 Å². The van der Waals surface area contributed by atoms with Crippen LogP contribution in [0.3, 0.4) is 0 Å². The quantitative estimate of drug-likeness (QED) is 0.674. The maximum Gasteiger partial charge on any atom is 0.410 e. The third kappa shape index (κ3) is 4.18. The van der Waals surface area contributed by atoms with Gasteiger partial charge in [-0.05, 0) is 49.4 Å². The monoisotopic (exact) mass is 492 g/mol. The van der Waals surface area contributed by atoms with E-state index in [1.165, 1.54) is 4.90 Å². The number of hydrogen-bond acceptors (Lipinski definition) is 5. The van der Waals surface area contributed by atoms with Crippen molar-refractivity contribution in [3.63, 3.8) is 0 Å². The highest BCUT2D eigenvalue weighted by atomic mass is 16.6. The molecule has 0 saturated carbocycles. The fourth-order valence-electron chi connectivity index (χ4n) is 5.85. The summed E-state index contributed by atoms with van der Waals surface area (Å²) in [5.41, 5.74) is 2.81. The Kier molecular flexibility index (Phi) is 5.93. The Morgan fingerprint density at radius 2 is 1.53 bits per heavy atom. The van der Waals surface area contributed by atoms with Crippen molar-refractivity contribution in [2.75, 3.05) is 32.8 Å². The van der Waals surface area contributed by atoms with Crippen molar-refractivity contribution in [1.82, 2.24) is 9.80 Å². The number of ether oxygens (including phenoxy) is 2. The van der Waals surface area contributed by atoms with E-state index in [-0.39, 0.29) is 45.1 Å². The van der Waals surface area contributed by atoms with Gasteiger partial charge in [-0.2, -0.15) is 0 Å². The molecule has 36 heavy (non-hydrogen) atoms. The number of amides is 2. The van der Waals surface area contributed by atoms with Gasteiger partial charge >= 0.3 is 18.2 Å². The SMILES string of the molecule is CC(C)(C)OC(=O)N1CC[C@]2(C(=O)O)CN(C(=O)OCC3c4ccccc4-c4ccccc43)C[C@@H]2C1. The molecular weight excluding hydrogens is 460 g/mol. The fraction of sp³-hybridized carbons (Fsp3) is 0.464. The van der Waals surface area contributed by atoms with Crippen LogP contribution >= 0.6 is 0 Å². The van der Waals surface area contributed by atoms with E-state index in [1.807, 2.05) is 24.3 Å². The summed E-state index contributed by atoms with van der Waals surface area (Å²) in [4.78, 5) is 41.1. The van der Waals surface area contributed by atoms with Gasteiger partial charge in [0.1, 0.15) is 12.2 Å². The van der Waals surface area contributed by atoms with Crippen molar-refractivity contribution in [1.29, 1.82) is 0 Å². The number of carboxylic acid groups (broad SMARTS) is 1. The first-order valence-electron chi connectivity index (χ1n) is 12.4. The molecule has 2 aliphatic heterocycles. The van der Waals surface area contributed by atoms with Crippen LogP contribution in [0.2, 0.25) is 0 Å². The molecule has 0 unspecified atom stereocenters. The van der Waals surface area contributed by atoms with Gasteiger partial charge in [0.2, 0.25) is 0 Å². The van der Waals surface area contributed by atoms with E-state index >= 15 is 0 Å². The minimum absolute atomic E-state index is 0.0673. The van der Waals surface area contributed by atoms with Crippen molar-refractivity contribution in [2.24, 2.45) is 11.3 Å². The molecular formula is C28H32N2O6. The van der Waals surface area contributed by atoms with Crippen molar-refractivity contribution >= 4 is 18.2 Å². The smallest absolute Gasteiger partial charge is 0.410 e. The van der Waals surface area contributed by atoms with Crippen LogP contribution in [0.25, 0.3) is 11.1 Å². The maximum atomic E-state index is 13.1. The molecule has 8 nitrogen and oxygen atoms in total. The molecule has 0 aromatic heterocycles. The normalized spacial score (nSPS) is 23.0. The third-order valence-electron chi connectivity index (χ3n) is 7.64. The molecule has 3 aliphatic rings. The number of likely N-dealkylation sites (tertiary alicyclic amines) is 2. The van der Waals surface area contributed by atoms with E-state index in [0.717, 1.165) is 22.3 Å². The van der Waals surface area contributed by atoms with Gasteiger partial charge in [0.25, 0.3) is 0 Å². The summed E-state index contributed by atoms with van der Waals surface area (Å²) >= 11 is 0. The minimum Gasteiger partial charge on any atom is -0.481 e. The van der Waals surface area contributed by atoms with E-state index in [9.17, 15) is 19.5 Å². The molecule has 8 heteroatoms. The van der Waals surface area contributed by atoms with E-state index in [4.69, 9.17) is 9.47 Å². The molecule has 5 rings (SSSR count). The summed E-state index contributed by atoms with van der Waals surface area (Å²) in [6.45, 7) is 6.37. The number of rotatable bonds is 3. The fourth-order valence-corrected chi connectivity index (χ4v) is 5.85. The van der Waals surface area contributed by atoms with Crippen LogP contribution in [0.4, 0.5) is 9.59 Å². The summed E-state index contributed by atoms with van der Waals surface area (Å²) in [5.74, 6) is -1.40. The largest absolute Gasteiger partial charge is 0.481 e. The Hall–Kier alpha value is -3.55. The maximum absolute atomic E-state index is 13.1. The standard InChI is InChI=1S/C28H32N2O6/c1-27(2,3)36-26(34)29-13-12-28(24(31)32)17-30(15-18(28)14-29)25(33)35-16-23-21-10-6-4-8-19(21)20-9-5-7-11-22(20)23/h4-11,18,23H,12-17H2,1-3H3,(H,31,32)/t18-,28-/m0/s1. The van der Waals surface area contributed by atoms with E-state index in [0.29, 0.717) is 0 Å². The molecule has 1 N–H and O–H groups in total. The molecule has 0 radical (unpaired) electrons. The zero-order valence-electron chi connectivity index (χ0n) is 20.9. The van der Waals surface area contributed by atoms with Crippen molar-refractivity contribution in [3.05, 3.63) is 59.7 Å². The highest BCUT2D eigenvalue weighted by Gasteiger charge is 2.57. The van der Waals surface area contributed by atoms with Crippen LogP contribution in [0, 0.1) is 11.3 Å². The highest BCUT2D eigenvalue weighted by Crippen LogP contribution is 2.46. The van der Waals surface area contributed by atoms with E-state index in [2.05, 4.69) is 24.3 Å². The molecule has 190 valence electrons. The first-order chi connectivity index (χ1) is 17.1. The Bertz CT molecular complexity index is 1160. The lowest BCUT2D eigenvalue weighted by atomic mass is 9.72. The average Bonchev–Trinajstić information content (AvgIpc) is 3.38. The summed E-state index contributed by atoms with van der Waals surface area (Å²) in [7, 11) is 0. The lowest BCUT2D eigenvalue weighted by Crippen LogP contribution is -2.53. The van der Waals surface area contributed by atoms with Crippen LogP contribution in [0.5, 0.6) is 0 Å². The summed E-state index contributed by atoms with van der Waals surface area (Å²) in [5, 5.41) is 10.1. The second kappa shape index (κ2) is 8.84. The second-order valence-electron chi connectivity index (χ2n) is 11.0. The van der Waals surface area contributed by atoms with Gasteiger partial charge in [-0.1, -0.05) is 48.5 Å². The molecule has 2 saturated heterocycles. The lowest BCUT2D eigenvalue weighted by Gasteiger charge is -2.40. The number of benzene rings is 2. The summed E-state index contributed by atoms with van der Waals surface area (Å²) < 4.78 is 11.3.